The van der Waals surface area contributed by atoms with E-state index in [4.69, 9.17) is 4.74 Å². The van der Waals surface area contributed by atoms with E-state index in [1.807, 2.05) is 19.1 Å². The van der Waals surface area contributed by atoms with Gasteiger partial charge in [0.15, 0.2) is 0 Å². The van der Waals surface area contributed by atoms with Crippen molar-refractivity contribution in [2.75, 3.05) is 7.11 Å². The molecule has 0 spiro atoms. The quantitative estimate of drug-likeness (QED) is 0.562. The molecule has 0 aromatic heterocycles. The van der Waals surface area contributed by atoms with Crippen LogP contribution in [-0.2, 0) is 16.0 Å². The smallest absolute Gasteiger partial charge is 0.312 e. The lowest BCUT2D eigenvalue weighted by atomic mass is 9.91. The second-order valence-corrected chi connectivity index (χ2v) is 4.83. The van der Waals surface area contributed by atoms with Gasteiger partial charge in [0.2, 0.25) is 0 Å². The predicted octanol–water partition coefficient (Wildman–Crippen LogP) is 4.00. The highest BCUT2D eigenvalue weighted by Gasteiger charge is 2.18. The topological polar surface area (TPSA) is 26.3 Å². The van der Waals surface area contributed by atoms with Gasteiger partial charge in [-0.15, -0.1) is 0 Å². The van der Waals surface area contributed by atoms with Gasteiger partial charge in [-0.2, -0.15) is 0 Å². The Balaban J connectivity index is 2.87. The molecule has 0 amide bonds. The third kappa shape index (κ3) is 3.59. The van der Waals surface area contributed by atoms with Gasteiger partial charge in [0.05, 0.1) is 13.0 Å². The molecule has 0 N–H and O–H groups in total. The average molecular weight is 248 g/mol. The summed E-state index contributed by atoms with van der Waals surface area (Å²) in [5, 5.41) is 0. The molecule has 100 valence electrons. The number of carbonyl (C=O) groups excluding carboxylic acids is 1. The number of esters is 1. The zero-order valence-electron chi connectivity index (χ0n) is 12.0. The Morgan fingerprint density at radius 3 is 2.67 bits per heavy atom. The van der Waals surface area contributed by atoms with Gasteiger partial charge < -0.3 is 4.74 Å². The lowest BCUT2D eigenvalue weighted by Crippen LogP contribution is -2.12. The summed E-state index contributed by atoms with van der Waals surface area (Å²) >= 11 is 0. The molecule has 1 aromatic rings. The third-order valence-corrected chi connectivity index (χ3v) is 3.56. The van der Waals surface area contributed by atoms with E-state index >= 15 is 0 Å². The molecule has 18 heavy (non-hydrogen) atoms. The van der Waals surface area contributed by atoms with Crippen molar-refractivity contribution >= 4 is 5.97 Å². The van der Waals surface area contributed by atoms with Crippen LogP contribution in [0.15, 0.2) is 18.2 Å². The highest BCUT2D eigenvalue weighted by Crippen LogP contribution is 2.24. The number of hydrogen-bond donors (Lipinski definition) is 0. The predicted molar refractivity (Wildman–Crippen MR) is 74.8 cm³/mol. The van der Waals surface area contributed by atoms with Crippen LogP contribution in [0.3, 0.4) is 0 Å². The number of methoxy groups -OCH3 is 1. The van der Waals surface area contributed by atoms with E-state index in [-0.39, 0.29) is 11.9 Å². The fourth-order valence-corrected chi connectivity index (χ4v) is 2.31. The van der Waals surface area contributed by atoms with Gasteiger partial charge in [-0.05, 0) is 43.4 Å². The summed E-state index contributed by atoms with van der Waals surface area (Å²) in [6.45, 7) is 6.22. The molecule has 0 fully saturated rings. The first-order valence-electron chi connectivity index (χ1n) is 6.78. The Labute approximate surface area is 110 Å². The number of aryl methyl sites for hydroxylation is 1. The molecule has 2 nitrogen and oxygen atoms in total. The van der Waals surface area contributed by atoms with E-state index in [2.05, 4.69) is 19.9 Å². The molecule has 0 saturated carbocycles. The summed E-state index contributed by atoms with van der Waals surface area (Å²) in [6.07, 6.45) is 4.81. The normalized spacial score (nSPS) is 12.2. The van der Waals surface area contributed by atoms with E-state index < -0.39 is 0 Å². The number of unbranched alkanes of at least 4 members (excludes halogenated alkanes) is 2. The average Bonchev–Trinajstić information content (AvgIpc) is 2.39. The molecule has 0 aliphatic carbocycles. The SMILES string of the molecule is CCCCCc1cccc(C(C)C(=O)OC)c1C. The van der Waals surface area contributed by atoms with Gasteiger partial charge in [-0.25, -0.2) is 0 Å². The number of carbonyl (C=O) groups is 1. The second-order valence-electron chi connectivity index (χ2n) is 4.83. The van der Waals surface area contributed by atoms with Crippen molar-refractivity contribution in [2.24, 2.45) is 0 Å². The van der Waals surface area contributed by atoms with Crippen LogP contribution in [0, 0.1) is 6.92 Å². The summed E-state index contributed by atoms with van der Waals surface area (Å²) in [4.78, 5) is 11.6. The zero-order valence-corrected chi connectivity index (χ0v) is 12.0. The molecule has 1 aromatic carbocycles. The van der Waals surface area contributed by atoms with E-state index in [1.54, 1.807) is 0 Å². The van der Waals surface area contributed by atoms with Crippen LogP contribution in [0.5, 0.6) is 0 Å². The van der Waals surface area contributed by atoms with Gasteiger partial charge in [0, 0.05) is 0 Å². The highest BCUT2D eigenvalue weighted by atomic mass is 16.5. The maximum absolute atomic E-state index is 11.6. The van der Waals surface area contributed by atoms with Crippen LogP contribution in [0.2, 0.25) is 0 Å². The van der Waals surface area contributed by atoms with Crippen molar-refractivity contribution in [3.63, 3.8) is 0 Å². The summed E-state index contributed by atoms with van der Waals surface area (Å²) in [5.74, 6) is -0.343. The van der Waals surface area contributed by atoms with Crippen molar-refractivity contribution in [3.8, 4) is 0 Å². The molecule has 0 aliphatic heterocycles. The van der Waals surface area contributed by atoms with Gasteiger partial charge in [-0.1, -0.05) is 38.0 Å². The first kappa shape index (κ1) is 14.7. The van der Waals surface area contributed by atoms with Crippen LogP contribution in [0.4, 0.5) is 0 Å². The van der Waals surface area contributed by atoms with Crippen LogP contribution in [0.25, 0.3) is 0 Å². The number of ether oxygens (including phenoxy) is 1. The summed E-state index contributed by atoms with van der Waals surface area (Å²) in [7, 11) is 1.44. The second kappa shape index (κ2) is 7.20. The maximum atomic E-state index is 11.6. The van der Waals surface area contributed by atoms with E-state index in [1.165, 1.54) is 37.5 Å². The Kier molecular flexibility index (Phi) is 5.90. The van der Waals surface area contributed by atoms with Crippen LogP contribution >= 0.6 is 0 Å². The van der Waals surface area contributed by atoms with Crippen molar-refractivity contribution in [1.82, 2.24) is 0 Å². The van der Waals surface area contributed by atoms with Gasteiger partial charge in [-0.3, -0.25) is 4.79 Å². The highest BCUT2D eigenvalue weighted by molar-refractivity contribution is 5.78. The Morgan fingerprint density at radius 1 is 1.33 bits per heavy atom. The zero-order chi connectivity index (χ0) is 13.5. The molecule has 1 rings (SSSR count). The van der Waals surface area contributed by atoms with Gasteiger partial charge in [0.25, 0.3) is 0 Å². The Hall–Kier alpha value is -1.31. The standard InChI is InChI=1S/C16H24O2/c1-5-6-7-9-14-10-8-11-15(12(14)2)13(3)16(17)18-4/h8,10-11,13H,5-7,9H2,1-4H3. The number of hydrogen-bond acceptors (Lipinski definition) is 2. The molecule has 1 atom stereocenters. The Bertz CT molecular complexity index is 396. The lowest BCUT2D eigenvalue weighted by molar-refractivity contribution is -0.142. The molecule has 0 heterocycles. The number of rotatable bonds is 6. The summed E-state index contributed by atoms with van der Waals surface area (Å²) in [6, 6.07) is 6.24. The van der Waals surface area contributed by atoms with Gasteiger partial charge in [0.1, 0.15) is 0 Å². The molecule has 0 radical (unpaired) electrons. The van der Waals surface area contributed by atoms with Crippen LogP contribution in [0.1, 0.15) is 55.7 Å². The maximum Gasteiger partial charge on any atom is 0.312 e. The number of benzene rings is 1. The third-order valence-electron chi connectivity index (χ3n) is 3.56. The summed E-state index contributed by atoms with van der Waals surface area (Å²) < 4.78 is 4.82. The fraction of sp³-hybridized carbons (Fsp3) is 0.562. The lowest BCUT2D eigenvalue weighted by Gasteiger charge is -2.15. The molecular formula is C16H24O2. The largest absolute Gasteiger partial charge is 0.469 e. The van der Waals surface area contributed by atoms with Crippen molar-refractivity contribution < 1.29 is 9.53 Å². The van der Waals surface area contributed by atoms with Crippen molar-refractivity contribution in [1.29, 1.82) is 0 Å². The molecule has 0 aliphatic rings. The minimum atomic E-state index is -0.180. The molecule has 2 heteroatoms. The molecular weight excluding hydrogens is 224 g/mol. The molecule has 1 unspecified atom stereocenters. The van der Waals surface area contributed by atoms with Crippen LogP contribution < -0.4 is 0 Å². The fourth-order valence-electron chi connectivity index (χ4n) is 2.31. The summed E-state index contributed by atoms with van der Waals surface area (Å²) in [5.41, 5.74) is 3.69. The van der Waals surface area contributed by atoms with Gasteiger partial charge >= 0.3 is 5.97 Å². The van der Waals surface area contributed by atoms with E-state index in [0.717, 1.165) is 12.0 Å². The minimum absolute atomic E-state index is 0.163. The van der Waals surface area contributed by atoms with Crippen molar-refractivity contribution in [2.45, 2.75) is 52.4 Å². The van der Waals surface area contributed by atoms with E-state index in [0.29, 0.717) is 0 Å². The first-order chi connectivity index (χ1) is 8.61. The van der Waals surface area contributed by atoms with Crippen molar-refractivity contribution in [3.05, 3.63) is 34.9 Å². The minimum Gasteiger partial charge on any atom is -0.469 e. The Morgan fingerprint density at radius 2 is 2.06 bits per heavy atom. The first-order valence-corrected chi connectivity index (χ1v) is 6.78. The monoisotopic (exact) mass is 248 g/mol. The van der Waals surface area contributed by atoms with E-state index in [9.17, 15) is 4.79 Å². The molecule has 0 bridgehead atoms. The molecule has 0 saturated heterocycles. The van der Waals surface area contributed by atoms with Crippen LogP contribution in [-0.4, -0.2) is 13.1 Å².